The zero-order valence-corrected chi connectivity index (χ0v) is 11.1. The topological polar surface area (TPSA) is 61.4 Å². The third-order valence-corrected chi connectivity index (χ3v) is 3.08. The summed E-state index contributed by atoms with van der Waals surface area (Å²) in [5, 5.41) is 10.00. The van der Waals surface area contributed by atoms with Crippen LogP contribution in [-0.2, 0) is 0 Å². The Kier molecular flexibility index (Phi) is 4.47. The highest BCUT2D eigenvalue weighted by atomic mass is 35.5. The molecule has 100 valence electrons. The molecule has 1 aromatic rings. The van der Waals surface area contributed by atoms with Crippen LogP contribution in [0.5, 0.6) is 5.75 Å². The second kappa shape index (κ2) is 6.29. The molecule has 19 heavy (non-hydrogen) atoms. The number of hydrazine groups is 1. The molecule has 0 atom stereocenters. The van der Waals surface area contributed by atoms with Crippen LogP contribution in [0.1, 0.15) is 29.6 Å². The molecular formula is C14H15ClN2O2. The molecule has 0 aromatic heterocycles. The maximum Gasteiger partial charge on any atom is 0.273 e. The monoisotopic (exact) mass is 278 g/mol. The molecule has 0 fully saturated rings. The highest BCUT2D eigenvalue weighted by Gasteiger charge is 2.10. The van der Waals surface area contributed by atoms with Gasteiger partial charge in [-0.15, -0.1) is 0 Å². The molecule has 1 aliphatic rings. The van der Waals surface area contributed by atoms with E-state index in [0.29, 0.717) is 5.02 Å². The first-order valence-electron chi connectivity index (χ1n) is 6.04. The fourth-order valence-electron chi connectivity index (χ4n) is 1.82. The predicted octanol–water partition coefficient (Wildman–Crippen LogP) is 2.90. The number of carbonyl (C=O) groups is 1. The van der Waals surface area contributed by atoms with E-state index in [2.05, 4.69) is 23.0 Å². The lowest BCUT2D eigenvalue weighted by Crippen LogP contribution is -2.33. The van der Waals surface area contributed by atoms with Crippen molar-refractivity contribution in [3.63, 3.8) is 0 Å². The number of benzene rings is 1. The first kappa shape index (κ1) is 13.5. The maximum absolute atomic E-state index is 11.8. The van der Waals surface area contributed by atoms with E-state index in [1.165, 1.54) is 17.7 Å². The number of carbonyl (C=O) groups excluding carboxylic acids is 1. The quantitative estimate of drug-likeness (QED) is 0.588. The number of phenolic OH excluding ortho intramolecular Hbond substituents is 1. The standard InChI is InChI=1S/C14H15ClN2O2/c15-11-6-7-12(13(18)8-11)14(19)17-16-9-10-4-2-1-3-5-10/h1-2,6-9,16,18H,3-5H2,(H,17,19). The second-order valence-corrected chi connectivity index (χ2v) is 4.71. The van der Waals surface area contributed by atoms with Crippen molar-refractivity contribution in [2.75, 3.05) is 0 Å². The van der Waals surface area contributed by atoms with Gasteiger partial charge in [0.2, 0.25) is 0 Å². The van der Waals surface area contributed by atoms with Gasteiger partial charge in [0.25, 0.3) is 5.91 Å². The number of hydrogen-bond donors (Lipinski definition) is 3. The van der Waals surface area contributed by atoms with E-state index in [4.69, 9.17) is 11.6 Å². The Labute approximate surface area is 116 Å². The van der Waals surface area contributed by atoms with Crippen molar-refractivity contribution in [1.82, 2.24) is 10.9 Å². The third kappa shape index (κ3) is 3.76. The van der Waals surface area contributed by atoms with Crippen molar-refractivity contribution in [1.29, 1.82) is 0 Å². The van der Waals surface area contributed by atoms with Gasteiger partial charge in [-0.05, 0) is 43.0 Å². The number of phenols is 1. The summed E-state index contributed by atoms with van der Waals surface area (Å²) in [4.78, 5) is 11.8. The number of rotatable bonds is 3. The van der Waals surface area contributed by atoms with Gasteiger partial charge < -0.3 is 10.5 Å². The van der Waals surface area contributed by atoms with Gasteiger partial charge in [0.05, 0.1) is 5.56 Å². The Bertz CT molecular complexity index is 538. The van der Waals surface area contributed by atoms with Crippen LogP contribution in [0.15, 0.2) is 42.1 Å². The Morgan fingerprint density at radius 3 is 2.89 bits per heavy atom. The van der Waals surface area contributed by atoms with Crippen LogP contribution in [-0.4, -0.2) is 11.0 Å². The average molecular weight is 279 g/mol. The minimum absolute atomic E-state index is 0.139. The Morgan fingerprint density at radius 2 is 2.21 bits per heavy atom. The number of amides is 1. The molecule has 0 spiro atoms. The lowest BCUT2D eigenvalue weighted by molar-refractivity contribution is 0.0938. The van der Waals surface area contributed by atoms with E-state index in [-0.39, 0.29) is 11.3 Å². The van der Waals surface area contributed by atoms with Gasteiger partial charge in [-0.3, -0.25) is 10.2 Å². The first-order chi connectivity index (χ1) is 9.16. The third-order valence-electron chi connectivity index (χ3n) is 2.85. The molecule has 0 saturated carbocycles. The molecule has 0 heterocycles. The van der Waals surface area contributed by atoms with Gasteiger partial charge in [0.15, 0.2) is 0 Å². The van der Waals surface area contributed by atoms with Crippen LogP contribution in [0.2, 0.25) is 5.02 Å². The van der Waals surface area contributed by atoms with Crippen molar-refractivity contribution in [3.05, 3.63) is 52.7 Å². The van der Waals surface area contributed by atoms with Gasteiger partial charge in [-0.25, -0.2) is 0 Å². The number of hydrogen-bond acceptors (Lipinski definition) is 3. The molecular weight excluding hydrogens is 264 g/mol. The number of allylic oxidation sites excluding steroid dienone is 3. The van der Waals surface area contributed by atoms with E-state index in [1.807, 2.05) is 0 Å². The Morgan fingerprint density at radius 1 is 1.37 bits per heavy atom. The molecule has 0 saturated heterocycles. The van der Waals surface area contributed by atoms with E-state index < -0.39 is 5.91 Å². The SMILES string of the molecule is O=C(NNC=C1CC=CCC1)c1ccc(Cl)cc1O. The minimum Gasteiger partial charge on any atom is -0.507 e. The highest BCUT2D eigenvalue weighted by molar-refractivity contribution is 6.30. The van der Waals surface area contributed by atoms with Crippen LogP contribution >= 0.6 is 11.6 Å². The van der Waals surface area contributed by atoms with Crippen LogP contribution in [0.25, 0.3) is 0 Å². The lowest BCUT2D eigenvalue weighted by Gasteiger charge is -2.10. The number of nitrogens with one attached hydrogen (secondary N) is 2. The summed E-state index contributed by atoms with van der Waals surface area (Å²) >= 11 is 5.70. The maximum atomic E-state index is 11.8. The van der Waals surface area contributed by atoms with Crippen molar-refractivity contribution in [2.45, 2.75) is 19.3 Å². The molecule has 3 N–H and O–H groups in total. The van der Waals surface area contributed by atoms with E-state index >= 15 is 0 Å². The Balaban J connectivity index is 1.92. The zero-order valence-electron chi connectivity index (χ0n) is 10.3. The van der Waals surface area contributed by atoms with Crippen LogP contribution in [0, 0.1) is 0 Å². The zero-order chi connectivity index (χ0) is 13.7. The van der Waals surface area contributed by atoms with Crippen molar-refractivity contribution < 1.29 is 9.90 Å². The van der Waals surface area contributed by atoms with E-state index in [1.54, 1.807) is 12.3 Å². The van der Waals surface area contributed by atoms with Gasteiger partial charge in [-0.1, -0.05) is 23.8 Å². The summed E-state index contributed by atoms with van der Waals surface area (Å²) in [6, 6.07) is 4.37. The second-order valence-electron chi connectivity index (χ2n) is 4.28. The smallest absolute Gasteiger partial charge is 0.273 e. The highest BCUT2D eigenvalue weighted by Crippen LogP contribution is 2.21. The lowest BCUT2D eigenvalue weighted by atomic mass is 10.0. The van der Waals surface area contributed by atoms with Crippen LogP contribution < -0.4 is 10.9 Å². The number of halogens is 1. The summed E-state index contributed by atoms with van der Waals surface area (Å²) < 4.78 is 0. The van der Waals surface area contributed by atoms with Crippen LogP contribution in [0.4, 0.5) is 0 Å². The largest absolute Gasteiger partial charge is 0.507 e. The fourth-order valence-corrected chi connectivity index (χ4v) is 1.99. The first-order valence-corrected chi connectivity index (χ1v) is 6.42. The molecule has 1 aliphatic carbocycles. The molecule has 5 heteroatoms. The van der Waals surface area contributed by atoms with Crippen molar-refractivity contribution in [2.24, 2.45) is 0 Å². The Hall–Kier alpha value is -1.94. The molecule has 0 unspecified atom stereocenters. The van der Waals surface area contributed by atoms with Crippen molar-refractivity contribution >= 4 is 17.5 Å². The predicted molar refractivity (Wildman–Crippen MR) is 74.8 cm³/mol. The molecule has 2 rings (SSSR count). The van der Waals surface area contributed by atoms with Crippen LogP contribution in [0.3, 0.4) is 0 Å². The fraction of sp³-hybridized carbons (Fsp3) is 0.214. The minimum atomic E-state index is -0.405. The summed E-state index contributed by atoms with van der Waals surface area (Å²) in [6.07, 6.45) is 8.94. The van der Waals surface area contributed by atoms with Gasteiger partial charge in [0, 0.05) is 11.2 Å². The van der Waals surface area contributed by atoms with Gasteiger partial charge >= 0.3 is 0 Å². The van der Waals surface area contributed by atoms with E-state index in [9.17, 15) is 9.90 Å². The molecule has 4 nitrogen and oxygen atoms in total. The van der Waals surface area contributed by atoms with Gasteiger partial charge in [-0.2, -0.15) is 0 Å². The average Bonchev–Trinajstić information content (AvgIpc) is 2.39. The molecule has 0 aliphatic heterocycles. The van der Waals surface area contributed by atoms with Gasteiger partial charge in [0.1, 0.15) is 5.75 Å². The van der Waals surface area contributed by atoms with E-state index in [0.717, 1.165) is 19.3 Å². The summed E-state index contributed by atoms with van der Waals surface area (Å²) in [5.41, 5.74) is 6.67. The molecule has 0 bridgehead atoms. The molecule has 1 amide bonds. The van der Waals surface area contributed by atoms with Crippen molar-refractivity contribution in [3.8, 4) is 5.75 Å². The molecule has 1 aromatic carbocycles. The summed E-state index contributed by atoms with van der Waals surface area (Å²) in [7, 11) is 0. The normalized spacial score (nSPS) is 16.4. The summed E-state index contributed by atoms with van der Waals surface area (Å²) in [6.45, 7) is 0. The number of aromatic hydroxyl groups is 1. The molecule has 0 radical (unpaired) electrons. The summed E-state index contributed by atoms with van der Waals surface area (Å²) in [5.74, 6) is -0.544.